The van der Waals surface area contributed by atoms with Gasteiger partial charge < -0.3 is 13.9 Å². The molecule has 0 aliphatic heterocycles. The van der Waals surface area contributed by atoms with Crippen LogP contribution in [0.25, 0.3) is 22.2 Å². The predicted octanol–water partition coefficient (Wildman–Crippen LogP) is 5.63. The Bertz CT molecular complexity index is 1140. The Hall–Kier alpha value is -2.78. The molecule has 0 amide bonds. The van der Waals surface area contributed by atoms with Crippen molar-refractivity contribution < 1.29 is 13.9 Å². The Balaban J connectivity index is 1.55. The minimum atomic E-state index is 0.454. The molecular formula is C22H24N4O3S2. The van der Waals surface area contributed by atoms with Gasteiger partial charge in [-0.3, -0.25) is 4.57 Å². The van der Waals surface area contributed by atoms with E-state index in [0.29, 0.717) is 23.2 Å². The number of aromatic nitrogens is 4. The number of rotatable bonds is 9. The van der Waals surface area contributed by atoms with Crippen molar-refractivity contribution in [2.45, 2.75) is 31.3 Å². The van der Waals surface area contributed by atoms with Crippen molar-refractivity contribution in [3.8, 4) is 33.7 Å². The fraction of sp³-hybridized carbons (Fsp3) is 0.318. The third-order valence-electron chi connectivity index (χ3n) is 4.54. The first-order chi connectivity index (χ1) is 15.1. The molecule has 4 aromatic rings. The number of hydrogen-bond acceptors (Lipinski definition) is 8. The molecule has 0 N–H and O–H groups in total. The van der Waals surface area contributed by atoms with E-state index in [4.69, 9.17) is 18.9 Å². The summed E-state index contributed by atoms with van der Waals surface area (Å²) >= 11 is 3.21. The van der Waals surface area contributed by atoms with Crippen molar-refractivity contribution in [2.75, 3.05) is 14.2 Å². The Labute approximate surface area is 189 Å². The predicted molar refractivity (Wildman–Crippen MR) is 123 cm³/mol. The Morgan fingerprint density at radius 1 is 1.13 bits per heavy atom. The molecule has 0 saturated carbocycles. The van der Waals surface area contributed by atoms with Crippen LogP contribution in [0.3, 0.4) is 0 Å². The molecule has 31 heavy (non-hydrogen) atoms. The molecule has 0 saturated heterocycles. The number of para-hydroxylation sites is 1. The number of furan rings is 1. The molecule has 3 aromatic heterocycles. The van der Waals surface area contributed by atoms with Crippen molar-refractivity contribution in [3.63, 3.8) is 0 Å². The van der Waals surface area contributed by atoms with Crippen molar-refractivity contribution >= 4 is 23.1 Å². The molecule has 0 aliphatic carbocycles. The van der Waals surface area contributed by atoms with Crippen LogP contribution in [-0.2, 0) is 12.3 Å². The largest absolute Gasteiger partial charge is 0.493 e. The van der Waals surface area contributed by atoms with Gasteiger partial charge in [0, 0.05) is 17.7 Å². The zero-order valence-electron chi connectivity index (χ0n) is 17.9. The summed E-state index contributed by atoms with van der Waals surface area (Å²) in [5.41, 5.74) is 1.90. The molecule has 0 fully saturated rings. The highest BCUT2D eigenvalue weighted by molar-refractivity contribution is 7.98. The Morgan fingerprint density at radius 2 is 2.00 bits per heavy atom. The summed E-state index contributed by atoms with van der Waals surface area (Å²) in [5, 5.41) is 12.6. The van der Waals surface area contributed by atoms with Crippen LogP contribution in [0.4, 0.5) is 0 Å². The molecule has 4 rings (SSSR count). The summed E-state index contributed by atoms with van der Waals surface area (Å²) < 4.78 is 18.6. The first-order valence-corrected chi connectivity index (χ1v) is 11.7. The number of methoxy groups -OCH3 is 2. The highest BCUT2D eigenvalue weighted by Crippen LogP contribution is 2.39. The lowest BCUT2D eigenvalue weighted by atomic mass is 10.2. The van der Waals surface area contributed by atoms with E-state index < -0.39 is 0 Å². The van der Waals surface area contributed by atoms with Crippen LogP contribution in [0.15, 0.2) is 51.5 Å². The summed E-state index contributed by atoms with van der Waals surface area (Å²) in [7, 11) is 3.28. The van der Waals surface area contributed by atoms with E-state index in [1.54, 1.807) is 43.6 Å². The molecule has 0 atom stereocenters. The first kappa shape index (κ1) is 21.5. The van der Waals surface area contributed by atoms with Crippen LogP contribution in [0.5, 0.6) is 11.5 Å². The van der Waals surface area contributed by atoms with Gasteiger partial charge in [-0.25, -0.2) is 4.98 Å². The third kappa shape index (κ3) is 4.62. The summed E-state index contributed by atoms with van der Waals surface area (Å²) in [6.45, 7) is 5.16. The molecule has 7 nitrogen and oxygen atoms in total. The van der Waals surface area contributed by atoms with Crippen LogP contribution in [0, 0.1) is 5.92 Å². The number of nitrogens with zero attached hydrogens (tertiary/aromatic N) is 4. The van der Waals surface area contributed by atoms with Crippen LogP contribution >= 0.6 is 23.1 Å². The normalized spacial score (nSPS) is 11.3. The third-order valence-corrected chi connectivity index (χ3v) is 6.47. The number of hydrogen-bond donors (Lipinski definition) is 0. The van der Waals surface area contributed by atoms with Gasteiger partial charge in [-0.05, 0) is 30.2 Å². The van der Waals surface area contributed by atoms with Crippen LogP contribution in [0.1, 0.15) is 19.5 Å². The lowest BCUT2D eigenvalue weighted by molar-refractivity contribution is 0.356. The summed E-state index contributed by atoms with van der Waals surface area (Å²) in [4.78, 5) is 4.81. The van der Waals surface area contributed by atoms with Gasteiger partial charge in [0.25, 0.3) is 0 Å². The van der Waals surface area contributed by atoms with Gasteiger partial charge in [-0.2, -0.15) is 0 Å². The van der Waals surface area contributed by atoms with Crippen molar-refractivity contribution in [1.29, 1.82) is 0 Å². The zero-order chi connectivity index (χ0) is 21.8. The first-order valence-electron chi connectivity index (χ1n) is 9.86. The van der Waals surface area contributed by atoms with E-state index >= 15 is 0 Å². The molecule has 0 unspecified atom stereocenters. The average Bonchev–Trinajstić information content (AvgIpc) is 3.52. The molecule has 0 bridgehead atoms. The summed E-state index contributed by atoms with van der Waals surface area (Å²) in [6.07, 6.45) is 1.65. The van der Waals surface area contributed by atoms with Gasteiger partial charge in [0.2, 0.25) is 0 Å². The van der Waals surface area contributed by atoms with Gasteiger partial charge in [0.15, 0.2) is 28.2 Å². The van der Waals surface area contributed by atoms with Gasteiger partial charge in [-0.15, -0.1) is 21.5 Å². The standard InChI is InChI=1S/C22H24N4O3S2/c1-14(2)11-26-20(18-9-6-10-29-18)24-25-22(26)31-13-15-12-30-21(23-15)16-7-5-8-17(27-3)19(16)28-4/h5-10,12,14H,11,13H2,1-4H3. The second kappa shape index (κ2) is 9.57. The maximum atomic E-state index is 5.56. The highest BCUT2D eigenvalue weighted by atomic mass is 32.2. The van der Waals surface area contributed by atoms with Gasteiger partial charge in [0.1, 0.15) is 5.01 Å². The Morgan fingerprint density at radius 3 is 2.71 bits per heavy atom. The second-order valence-electron chi connectivity index (χ2n) is 7.26. The lowest BCUT2D eigenvalue weighted by Crippen LogP contribution is -2.07. The molecule has 0 radical (unpaired) electrons. The number of ether oxygens (including phenoxy) is 2. The van der Waals surface area contributed by atoms with E-state index in [2.05, 4.69) is 34.0 Å². The quantitative estimate of drug-likeness (QED) is 0.302. The number of benzene rings is 1. The minimum Gasteiger partial charge on any atom is -0.493 e. The van der Waals surface area contributed by atoms with Gasteiger partial charge in [0.05, 0.1) is 31.7 Å². The van der Waals surface area contributed by atoms with Crippen LogP contribution in [-0.4, -0.2) is 34.0 Å². The maximum Gasteiger partial charge on any atom is 0.200 e. The molecule has 3 heterocycles. The van der Waals surface area contributed by atoms with E-state index in [0.717, 1.165) is 39.6 Å². The minimum absolute atomic E-state index is 0.454. The van der Waals surface area contributed by atoms with E-state index in [1.165, 1.54) is 0 Å². The molecule has 162 valence electrons. The smallest absolute Gasteiger partial charge is 0.200 e. The molecule has 0 spiro atoms. The van der Waals surface area contributed by atoms with Crippen LogP contribution in [0.2, 0.25) is 0 Å². The van der Waals surface area contributed by atoms with Crippen LogP contribution < -0.4 is 9.47 Å². The van der Waals surface area contributed by atoms with E-state index in [-0.39, 0.29) is 0 Å². The Kier molecular flexibility index (Phi) is 6.62. The second-order valence-corrected chi connectivity index (χ2v) is 9.06. The maximum absolute atomic E-state index is 5.56. The lowest BCUT2D eigenvalue weighted by Gasteiger charge is -2.11. The monoisotopic (exact) mass is 456 g/mol. The van der Waals surface area contributed by atoms with Crippen molar-refractivity contribution in [3.05, 3.63) is 47.7 Å². The summed E-state index contributed by atoms with van der Waals surface area (Å²) in [5.74, 6) is 4.01. The SMILES string of the molecule is COc1cccc(-c2nc(CSc3nnc(-c4ccco4)n3CC(C)C)cs2)c1OC. The topological polar surface area (TPSA) is 75.2 Å². The fourth-order valence-electron chi connectivity index (χ4n) is 3.20. The summed E-state index contributed by atoms with van der Waals surface area (Å²) in [6, 6.07) is 9.58. The highest BCUT2D eigenvalue weighted by Gasteiger charge is 2.19. The fourth-order valence-corrected chi connectivity index (χ4v) is 4.99. The molecular weight excluding hydrogens is 432 g/mol. The van der Waals surface area contributed by atoms with Gasteiger partial charge in [-0.1, -0.05) is 31.7 Å². The molecule has 0 aliphatic rings. The zero-order valence-corrected chi connectivity index (χ0v) is 19.5. The molecule has 1 aromatic carbocycles. The van der Waals surface area contributed by atoms with E-state index in [1.807, 2.05) is 30.3 Å². The van der Waals surface area contributed by atoms with Crippen molar-refractivity contribution in [2.24, 2.45) is 5.92 Å². The number of thiazole rings is 1. The molecule has 9 heteroatoms. The van der Waals surface area contributed by atoms with Gasteiger partial charge >= 0.3 is 0 Å². The number of thioether (sulfide) groups is 1. The van der Waals surface area contributed by atoms with Crippen molar-refractivity contribution in [1.82, 2.24) is 19.7 Å². The van der Waals surface area contributed by atoms with E-state index in [9.17, 15) is 0 Å². The average molecular weight is 457 g/mol.